The maximum atomic E-state index is 4.43. The van der Waals surface area contributed by atoms with Gasteiger partial charge in [-0.1, -0.05) is 0 Å². The largest absolute Gasteiger partial charge is 0.367 e. The molecule has 0 radical (unpaired) electrons. The van der Waals surface area contributed by atoms with E-state index < -0.39 is 0 Å². The van der Waals surface area contributed by atoms with E-state index in [9.17, 15) is 0 Å². The van der Waals surface area contributed by atoms with Crippen molar-refractivity contribution in [3.8, 4) is 0 Å². The van der Waals surface area contributed by atoms with Crippen molar-refractivity contribution < 1.29 is 0 Å². The highest BCUT2D eigenvalue weighted by Gasteiger charge is 2.12. The van der Waals surface area contributed by atoms with Crippen molar-refractivity contribution in [3.05, 3.63) is 28.9 Å². The summed E-state index contributed by atoms with van der Waals surface area (Å²) in [4.78, 5) is 9.85. The van der Waals surface area contributed by atoms with Gasteiger partial charge in [0, 0.05) is 18.9 Å². The second-order valence-electron chi connectivity index (χ2n) is 3.64. The van der Waals surface area contributed by atoms with Crippen LogP contribution in [0.1, 0.15) is 10.4 Å². The molecule has 0 spiro atoms. The molecule has 15 heavy (non-hydrogen) atoms. The molecule has 3 rings (SSSR count). The fourth-order valence-corrected chi connectivity index (χ4v) is 2.87. The van der Waals surface area contributed by atoms with Crippen LogP contribution in [0.25, 0.3) is 10.1 Å². The normalized spacial score (nSPS) is 15.4. The summed E-state index contributed by atoms with van der Waals surface area (Å²) in [5.41, 5.74) is 1.23. The fourth-order valence-electron chi connectivity index (χ4n) is 1.78. The van der Waals surface area contributed by atoms with Crippen molar-refractivity contribution in [1.29, 1.82) is 0 Å². The second-order valence-corrected chi connectivity index (χ2v) is 4.72. The molecule has 1 N–H and O–H groups in total. The SMILES string of the molecule is Cc1cncc2sc(C3=NCCN3)cc12. The molecule has 0 fully saturated rings. The minimum absolute atomic E-state index is 0.890. The van der Waals surface area contributed by atoms with E-state index in [2.05, 4.69) is 28.3 Å². The van der Waals surface area contributed by atoms with E-state index in [-0.39, 0.29) is 0 Å². The van der Waals surface area contributed by atoms with Crippen molar-refractivity contribution >= 4 is 27.3 Å². The third-order valence-electron chi connectivity index (χ3n) is 2.55. The maximum Gasteiger partial charge on any atom is 0.138 e. The third kappa shape index (κ3) is 1.41. The molecule has 0 amide bonds. The van der Waals surface area contributed by atoms with Gasteiger partial charge in [-0.25, -0.2) is 0 Å². The van der Waals surface area contributed by atoms with E-state index in [1.54, 1.807) is 11.3 Å². The Labute approximate surface area is 91.9 Å². The Morgan fingerprint density at radius 2 is 2.33 bits per heavy atom. The molecule has 4 heteroatoms. The molecular formula is C11H11N3S. The first-order valence-corrected chi connectivity index (χ1v) is 5.79. The first-order valence-electron chi connectivity index (χ1n) is 4.97. The van der Waals surface area contributed by atoms with Gasteiger partial charge < -0.3 is 5.32 Å². The van der Waals surface area contributed by atoms with E-state index in [1.165, 1.54) is 20.5 Å². The standard InChI is InChI=1S/C11H11N3S/c1-7-5-12-6-10-8(7)4-9(15-10)11-13-2-3-14-11/h4-6H,2-3H2,1H3,(H,13,14). The monoisotopic (exact) mass is 217 g/mol. The van der Waals surface area contributed by atoms with Crippen molar-refractivity contribution in [1.82, 2.24) is 10.3 Å². The van der Waals surface area contributed by atoms with Gasteiger partial charge in [-0.3, -0.25) is 9.98 Å². The summed E-state index contributed by atoms with van der Waals surface area (Å²) in [5.74, 6) is 1.04. The topological polar surface area (TPSA) is 37.3 Å². The van der Waals surface area contributed by atoms with E-state index in [4.69, 9.17) is 0 Å². The summed E-state index contributed by atoms with van der Waals surface area (Å²) < 4.78 is 1.24. The van der Waals surface area contributed by atoms with Gasteiger partial charge in [0.25, 0.3) is 0 Å². The number of thiophene rings is 1. The van der Waals surface area contributed by atoms with E-state index >= 15 is 0 Å². The predicted molar refractivity (Wildman–Crippen MR) is 63.8 cm³/mol. The number of nitrogens with zero attached hydrogens (tertiary/aromatic N) is 2. The van der Waals surface area contributed by atoms with Crippen LogP contribution in [0.2, 0.25) is 0 Å². The number of hydrogen-bond donors (Lipinski definition) is 1. The second kappa shape index (κ2) is 3.31. The van der Waals surface area contributed by atoms with Gasteiger partial charge in [-0.05, 0) is 23.9 Å². The van der Waals surface area contributed by atoms with E-state index in [0.29, 0.717) is 0 Å². The summed E-state index contributed by atoms with van der Waals surface area (Å²) in [7, 11) is 0. The zero-order valence-electron chi connectivity index (χ0n) is 8.45. The Balaban J connectivity index is 2.18. The minimum atomic E-state index is 0.890. The van der Waals surface area contributed by atoms with Crippen LogP contribution in [0.3, 0.4) is 0 Å². The lowest BCUT2D eigenvalue weighted by molar-refractivity contribution is 0.960. The lowest BCUT2D eigenvalue weighted by Gasteiger charge is -1.95. The Morgan fingerprint density at radius 1 is 1.40 bits per heavy atom. The Bertz CT molecular complexity index is 542. The number of amidine groups is 1. The van der Waals surface area contributed by atoms with Crippen LogP contribution in [-0.4, -0.2) is 23.9 Å². The molecule has 2 aromatic heterocycles. The number of pyridine rings is 1. The molecule has 0 aromatic carbocycles. The van der Waals surface area contributed by atoms with Gasteiger partial charge in [0.15, 0.2) is 0 Å². The highest BCUT2D eigenvalue weighted by atomic mass is 32.1. The van der Waals surface area contributed by atoms with Crippen LogP contribution in [0.5, 0.6) is 0 Å². The number of rotatable bonds is 1. The van der Waals surface area contributed by atoms with Crippen molar-refractivity contribution in [2.24, 2.45) is 4.99 Å². The molecule has 0 unspecified atom stereocenters. The molecule has 0 saturated heterocycles. The number of aliphatic imine (C=N–C) groups is 1. The van der Waals surface area contributed by atoms with Gasteiger partial charge in [-0.2, -0.15) is 0 Å². The van der Waals surface area contributed by atoms with Crippen molar-refractivity contribution in [2.75, 3.05) is 13.1 Å². The number of aryl methyl sites for hydroxylation is 1. The molecule has 3 nitrogen and oxygen atoms in total. The van der Waals surface area contributed by atoms with Crippen LogP contribution in [0, 0.1) is 6.92 Å². The highest BCUT2D eigenvalue weighted by molar-refractivity contribution is 7.20. The Morgan fingerprint density at radius 3 is 3.07 bits per heavy atom. The van der Waals surface area contributed by atoms with Crippen LogP contribution in [-0.2, 0) is 0 Å². The predicted octanol–water partition coefficient (Wildman–Crippen LogP) is 1.95. The van der Waals surface area contributed by atoms with Gasteiger partial charge >= 0.3 is 0 Å². The van der Waals surface area contributed by atoms with Gasteiger partial charge in [0.05, 0.1) is 16.1 Å². The van der Waals surface area contributed by atoms with Crippen molar-refractivity contribution in [2.45, 2.75) is 6.92 Å². The summed E-state index contributed by atoms with van der Waals surface area (Å²) >= 11 is 1.75. The lowest BCUT2D eigenvalue weighted by atomic mass is 10.2. The summed E-state index contributed by atoms with van der Waals surface area (Å²) in [6.45, 7) is 3.94. The fraction of sp³-hybridized carbons (Fsp3) is 0.273. The molecule has 3 heterocycles. The molecule has 0 saturated carbocycles. The molecule has 1 aliphatic rings. The van der Waals surface area contributed by atoms with E-state index in [1.807, 2.05) is 12.4 Å². The molecule has 0 bridgehead atoms. The molecule has 0 atom stereocenters. The number of hydrogen-bond acceptors (Lipinski definition) is 4. The van der Waals surface area contributed by atoms with Crippen LogP contribution in [0.4, 0.5) is 0 Å². The average Bonchev–Trinajstić information content (AvgIpc) is 2.86. The van der Waals surface area contributed by atoms with Gasteiger partial charge in [0.2, 0.25) is 0 Å². The number of nitrogens with one attached hydrogen (secondary N) is 1. The number of fused-ring (bicyclic) bond motifs is 1. The minimum Gasteiger partial charge on any atom is -0.367 e. The molecule has 2 aromatic rings. The zero-order valence-corrected chi connectivity index (χ0v) is 9.27. The zero-order chi connectivity index (χ0) is 10.3. The van der Waals surface area contributed by atoms with Crippen LogP contribution in [0.15, 0.2) is 23.5 Å². The van der Waals surface area contributed by atoms with E-state index in [0.717, 1.165) is 18.9 Å². The molecule has 1 aliphatic heterocycles. The first-order chi connectivity index (χ1) is 7.34. The van der Waals surface area contributed by atoms with Gasteiger partial charge in [0.1, 0.15) is 5.84 Å². The number of aromatic nitrogens is 1. The highest BCUT2D eigenvalue weighted by Crippen LogP contribution is 2.27. The molecule has 76 valence electrons. The quantitative estimate of drug-likeness (QED) is 0.792. The average molecular weight is 217 g/mol. The van der Waals surface area contributed by atoms with Crippen molar-refractivity contribution in [3.63, 3.8) is 0 Å². The summed E-state index contributed by atoms with van der Waals surface area (Å²) in [6, 6.07) is 2.20. The summed E-state index contributed by atoms with van der Waals surface area (Å²) in [6.07, 6.45) is 3.83. The molecular weight excluding hydrogens is 206 g/mol. The lowest BCUT2D eigenvalue weighted by Crippen LogP contribution is -2.18. The summed E-state index contributed by atoms with van der Waals surface area (Å²) in [5, 5.41) is 4.59. The van der Waals surface area contributed by atoms with Crippen LogP contribution < -0.4 is 5.32 Å². The third-order valence-corrected chi connectivity index (χ3v) is 3.63. The first kappa shape index (κ1) is 8.85. The van der Waals surface area contributed by atoms with Gasteiger partial charge in [-0.15, -0.1) is 11.3 Å². The van der Waals surface area contributed by atoms with Crippen LogP contribution >= 0.6 is 11.3 Å². The molecule has 0 aliphatic carbocycles. The Kier molecular flexibility index (Phi) is 1.95. The Hall–Kier alpha value is -1.42. The maximum absolute atomic E-state index is 4.43. The smallest absolute Gasteiger partial charge is 0.138 e.